The number of allylic oxidation sites excluding steroid dienone is 1. The van der Waals surface area contributed by atoms with Crippen molar-refractivity contribution in [2.45, 2.75) is 19.8 Å². The summed E-state index contributed by atoms with van der Waals surface area (Å²) in [6.45, 7) is 3.54. The summed E-state index contributed by atoms with van der Waals surface area (Å²) in [4.78, 5) is 41.9. The monoisotopic (exact) mass is 390 g/mol. The van der Waals surface area contributed by atoms with Gasteiger partial charge in [0.2, 0.25) is 0 Å². The van der Waals surface area contributed by atoms with Crippen molar-refractivity contribution in [2.24, 2.45) is 10.9 Å². The molecular weight excluding hydrogens is 372 g/mol. The predicted molar refractivity (Wildman–Crippen MR) is 107 cm³/mol. The number of hydrogen-bond acceptors (Lipinski definition) is 6. The van der Waals surface area contributed by atoms with Crippen molar-refractivity contribution in [2.75, 3.05) is 6.61 Å². The molecule has 2 aromatic carbocycles. The average Bonchev–Trinajstić information content (AvgIpc) is 2.99. The Balaban J connectivity index is 1.99. The van der Waals surface area contributed by atoms with Gasteiger partial charge in [-0.1, -0.05) is 42.5 Å². The molecule has 2 aromatic rings. The number of nitro groups is 1. The average molecular weight is 390 g/mol. The lowest BCUT2D eigenvalue weighted by Crippen LogP contribution is -2.35. The molecule has 7 nitrogen and oxygen atoms in total. The number of nitro benzene ring substituents is 1. The number of esters is 1. The minimum Gasteiger partial charge on any atom is -0.465 e. The first-order valence-corrected chi connectivity index (χ1v) is 9.29. The van der Waals surface area contributed by atoms with Crippen molar-refractivity contribution < 1.29 is 19.2 Å². The molecule has 0 saturated heterocycles. The number of nitrogens with zero attached hydrogens (tertiary/aromatic N) is 2. The van der Waals surface area contributed by atoms with E-state index in [0.717, 1.165) is 0 Å². The zero-order valence-corrected chi connectivity index (χ0v) is 15.9. The molecule has 0 bridgehead atoms. The summed E-state index contributed by atoms with van der Waals surface area (Å²) in [6.07, 6.45) is 0. The molecule has 0 amide bonds. The second-order valence-corrected chi connectivity index (χ2v) is 6.91. The van der Waals surface area contributed by atoms with Crippen molar-refractivity contribution >= 4 is 28.8 Å². The molecule has 0 saturated carbocycles. The van der Waals surface area contributed by atoms with Gasteiger partial charge < -0.3 is 4.74 Å². The molecule has 0 N–H and O–H groups in total. The Morgan fingerprint density at radius 3 is 2.48 bits per heavy atom. The number of Topliss-reactive ketones (excluding diaryl/α,β-unsaturated/α-hetero) is 1. The highest BCUT2D eigenvalue weighted by atomic mass is 16.6. The molecule has 2 atom stereocenters. The van der Waals surface area contributed by atoms with Gasteiger partial charge in [0.25, 0.3) is 5.69 Å². The fraction of sp³-hybridized carbons (Fsp3) is 0.227. The van der Waals surface area contributed by atoms with Gasteiger partial charge in [0.1, 0.15) is 5.92 Å². The first-order chi connectivity index (χ1) is 14.0. The van der Waals surface area contributed by atoms with Crippen LogP contribution in [0, 0.1) is 16.0 Å². The minimum atomic E-state index is -0.909. The van der Waals surface area contributed by atoms with E-state index in [-0.39, 0.29) is 18.1 Å². The first-order valence-electron chi connectivity index (χ1n) is 9.29. The Kier molecular flexibility index (Phi) is 4.58. The molecule has 0 fully saturated rings. The van der Waals surface area contributed by atoms with E-state index < -0.39 is 22.7 Å². The fourth-order valence-corrected chi connectivity index (χ4v) is 4.14. The van der Waals surface area contributed by atoms with Gasteiger partial charge >= 0.3 is 5.97 Å². The van der Waals surface area contributed by atoms with Crippen LogP contribution in [0.4, 0.5) is 5.69 Å². The van der Waals surface area contributed by atoms with Crippen LogP contribution < -0.4 is 0 Å². The predicted octanol–water partition coefficient (Wildman–Crippen LogP) is 3.94. The van der Waals surface area contributed by atoms with Gasteiger partial charge in [0.15, 0.2) is 5.78 Å². The molecule has 0 spiro atoms. The quantitative estimate of drug-likeness (QED) is 0.447. The summed E-state index contributed by atoms with van der Waals surface area (Å²) in [5.74, 6) is -2.56. The third kappa shape index (κ3) is 2.86. The van der Waals surface area contributed by atoms with Crippen LogP contribution in [0.3, 0.4) is 0 Å². The number of hydrogen-bond donors (Lipinski definition) is 0. The molecule has 1 heterocycles. The number of rotatable bonds is 4. The number of benzene rings is 2. The molecule has 7 heteroatoms. The van der Waals surface area contributed by atoms with Crippen LogP contribution in [0.1, 0.15) is 41.3 Å². The van der Waals surface area contributed by atoms with Crippen LogP contribution in [0.2, 0.25) is 0 Å². The zero-order valence-electron chi connectivity index (χ0n) is 15.9. The SMILES string of the molecule is CCOC(=O)C1C(C)=NC2=C(C(=O)c3ccccc32)[C@H]1c1ccccc1[N+](=O)[O-]. The number of para-hydroxylation sites is 1. The maximum absolute atomic E-state index is 13.3. The smallest absolute Gasteiger partial charge is 0.315 e. The Morgan fingerprint density at radius 2 is 1.79 bits per heavy atom. The van der Waals surface area contributed by atoms with E-state index in [1.807, 2.05) is 6.07 Å². The van der Waals surface area contributed by atoms with E-state index in [9.17, 15) is 19.7 Å². The van der Waals surface area contributed by atoms with E-state index in [0.29, 0.717) is 33.7 Å². The molecular formula is C22H18N2O5. The highest BCUT2D eigenvalue weighted by Gasteiger charge is 2.47. The Bertz CT molecular complexity index is 1120. The van der Waals surface area contributed by atoms with Crippen molar-refractivity contribution in [3.05, 3.63) is 80.9 Å². The number of ketones is 1. The van der Waals surface area contributed by atoms with Crippen LogP contribution in [0.15, 0.2) is 59.1 Å². The molecule has 146 valence electrons. The molecule has 1 aliphatic heterocycles. The highest BCUT2D eigenvalue weighted by molar-refractivity contribution is 6.24. The van der Waals surface area contributed by atoms with E-state index >= 15 is 0 Å². The maximum Gasteiger partial charge on any atom is 0.315 e. The molecule has 1 aliphatic carbocycles. The summed E-state index contributed by atoms with van der Waals surface area (Å²) < 4.78 is 5.24. The van der Waals surface area contributed by atoms with E-state index in [1.165, 1.54) is 6.07 Å². The molecule has 1 unspecified atom stereocenters. The highest BCUT2D eigenvalue weighted by Crippen LogP contribution is 2.49. The molecule has 4 rings (SSSR count). The standard InChI is InChI=1S/C22H18N2O5/c1-3-29-22(26)17-12(2)23-20-13-8-4-5-9-14(13)21(25)19(20)18(17)15-10-6-7-11-16(15)24(27)28/h4-11,17-18H,3H2,1-2H3/t17?,18-/m0/s1. The van der Waals surface area contributed by atoms with Gasteiger partial charge in [-0.3, -0.25) is 24.7 Å². The topological polar surface area (TPSA) is 98.9 Å². The molecule has 2 aliphatic rings. The molecule has 0 aromatic heterocycles. The summed E-state index contributed by atoms with van der Waals surface area (Å²) in [7, 11) is 0. The Hall–Kier alpha value is -3.61. The summed E-state index contributed by atoms with van der Waals surface area (Å²) in [5, 5.41) is 11.7. The van der Waals surface area contributed by atoms with Crippen LogP contribution in [0.5, 0.6) is 0 Å². The van der Waals surface area contributed by atoms with Crippen LogP contribution >= 0.6 is 0 Å². The van der Waals surface area contributed by atoms with Gasteiger partial charge in [-0.25, -0.2) is 0 Å². The second kappa shape index (κ2) is 7.09. The second-order valence-electron chi connectivity index (χ2n) is 6.91. The zero-order chi connectivity index (χ0) is 20.7. The third-order valence-electron chi connectivity index (χ3n) is 5.32. The lowest BCUT2D eigenvalue weighted by Gasteiger charge is -2.30. The van der Waals surface area contributed by atoms with Crippen molar-refractivity contribution in [3.63, 3.8) is 0 Å². The largest absolute Gasteiger partial charge is 0.465 e. The van der Waals surface area contributed by atoms with E-state index in [2.05, 4.69) is 4.99 Å². The number of carbonyl (C=O) groups is 2. The van der Waals surface area contributed by atoms with Gasteiger partial charge in [0.05, 0.1) is 17.2 Å². The lowest BCUT2D eigenvalue weighted by molar-refractivity contribution is -0.385. The summed E-state index contributed by atoms with van der Waals surface area (Å²) >= 11 is 0. The number of ether oxygens (including phenoxy) is 1. The van der Waals surface area contributed by atoms with Crippen molar-refractivity contribution in [1.29, 1.82) is 0 Å². The summed E-state index contributed by atoms with van der Waals surface area (Å²) in [5.41, 5.74) is 2.58. The maximum atomic E-state index is 13.3. The number of carbonyl (C=O) groups excluding carboxylic acids is 2. The fourth-order valence-electron chi connectivity index (χ4n) is 4.14. The molecule has 29 heavy (non-hydrogen) atoms. The van der Waals surface area contributed by atoms with Gasteiger partial charge in [-0.2, -0.15) is 0 Å². The van der Waals surface area contributed by atoms with Crippen LogP contribution in [0.25, 0.3) is 5.70 Å². The summed E-state index contributed by atoms with van der Waals surface area (Å²) in [6, 6.07) is 13.3. The Labute approximate surface area is 166 Å². The molecule has 0 radical (unpaired) electrons. The van der Waals surface area contributed by atoms with Gasteiger partial charge in [-0.15, -0.1) is 0 Å². The van der Waals surface area contributed by atoms with Crippen LogP contribution in [-0.4, -0.2) is 29.0 Å². The third-order valence-corrected chi connectivity index (χ3v) is 5.32. The number of aliphatic imine (C=N–C) groups is 1. The lowest BCUT2D eigenvalue weighted by atomic mass is 9.74. The van der Waals surface area contributed by atoms with Gasteiger partial charge in [-0.05, 0) is 13.8 Å². The minimum absolute atomic E-state index is 0.142. The van der Waals surface area contributed by atoms with E-state index in [4.69, 9.17) is 4.74 Å². The first kappa shape index (κ1) is 18.7. The Morgan fingerprint density at radius 1 is 1.14 bits per heavy atom. The number of fused-ring (bicyclic) bond motifs is 2. The van der Waals surface area contributed by atoms with Crippen molar-refractivity contribution in [3.8, 4) is 0 Å². The normalized spacial score (nSPS) is 20.1. The van der Waals surface area contributed by atoms with E-state index in [1.54, 1.807) is 50.2 Å². The van der Waals surface area contributed by atoms with Gasteiger partial charge in [0, 0.05) is 40.0 Å². The van der Waals surface area contributed by atoms with Crippen molar-refractivity contribution in [1.82, 2.24) is 0 Å². The van der Waals surface area contributed by atoms with Crippen LogP contribution in [-0.2, 0) is 9.53 Å².